The van der Waals surface area contributed by atoms with Crippen LogP contribution in [-0.4, -0.2) is 20.2 Å². The number of esters is 1. The Morgan fingerprint density at radius 3 is 2.38 bits per heavy atom. The van der Waals surface area contributed by atoms with Crippen LogP contribution in [0.15, 0.2) is 56.7 Å². The van der Waals surface area contributed by atoms with Gasteiger partial charge in [-0.1, -0.05) is 6.58 Å². The van der Waals surface area contributed by atoms with Crippen molar-refractivity contribution in [2.75, 3.05) is 0 Å². The lowest BCUT2D eigenvalue weighted by atomic mass is 10.3. The number of ether oxygens (including phenoxy) is 1. The molecule has 9 nitrogen and oxygen atoms in total. The Balaban J connectivity index is 2.32. The minimum atomic E-state index is -0.768. The highest BCUT2D eigenvalue weighted by Gasteiger charge is 2.14. The molecule has 0 aliphatic heterocycles. The molecule has 2 rings (SSSR count). The standard InChI is InChI=1S/C15H14N4O5/c1-4-11(20)24-10-7-5-9(6-8-10)16-17-12-13(21)18(2)15(23)19(3)14(12)22/h4-8,21H,1H2,2-3H3. The number of aromatic nitrogens is 2. The normalized spacial score (nSPS) is 10.8. The molecule has 1 heterocycles. The Bertz CT molecular complexity index is 938. The van der Waals surface area contributed by atoms with Crippen LogP contribution in [0.2, 0.25) is 0 Å². The second-order valence-corrected chi connectivity index (χ2v) is 4.70. The number of hydrogen-bond acceptors (Lipinski definition) is 7. The lowest BCUT2D eigenvalue weighted by Crippen LogP contribution is -2.36. The molecule has 0 fully saturated rings. The van der Waals surface area contributed by atoms with Gasteiger partial charge in [0.05, 0.1) is 5.69 Å². The minimum absolute atomic E-state index is 0.291. The van der Waals surface area contributed by atoms with Crippen molar-refractivity contribution in [1.29, 1.82) is 0 Å². The quantitative estimate of drug-likeness (QED) is 0.392. The van der Waals surface area contributed by atoms with Crippen LogP contribution in [0.5, 0.6) is 11.6 Å². The summed E-state index contributed by atoms with van der Waals surface area (Å²) in [5, 5.41) is 17.4. The summed E-state index contributed by atoms with van der Waals surface area (Å²) in [5.74, 6) is -0.883. The van der Waals surface area contributed by atoms with E-state index < -0.39 is 23.1 Å². The molecule has 0 aliphatic carbocycles. The van der Waals surface area contributed by atoms with Gasteiger partial charge in [-0.05, 0) is 24.3 Å². The fourth-order valence-electron chi connectivity index (χ4n) is 1.75. The first kappa shape index (κ1) is 16.9. The number of nitrogens with zero attached hydrogens (tertiary/aromatic N) is 4. The molecule has 0 saturated heterocycles. The van der Waals surface area contributed by atoms with E-state index in [9.17, 15) is 19.5 Å². The molecule has 1 aromatic carbocycles. The summed E-state index contributed by atoms with van der Waals surface area (Å²) in [4.78, 5) is 34.7. The molecule has 0 atom stereocenters. The Kier molecular flexibility index (Phi) is 4.73. The van der Waals surface area contributed by atoms with Gasteiger partial charge in [0, 0.05) is 20.2 Å². The maximum Gasteiger partial charge on any atom is 0.335 e. The number of azo groups is 1. The van der Waals surface area contributed by atoms with Crippen LogP contribution in [0.25, 0.3) is 0 Å². The van der Waals surface area contributed by atoms with Crippen LogP contribution in [0.1, 0.15) is 0 Å². The van der Waals surface area contributed by atoms with E-state index in [2.05, 4.69) is 16.8 Å². The number of benzene rings is 1. The minimum Gasteiger partial charge on any atom is -0.493 e. The molecule has 1 aromatic heterocycles. The van der Waals surface area contributed by atoms with Crippen molar-refractivity contribution in [1.82, 2.24) is 9.13 Å². The van der Waals surface area contributed by atoms with Crippen molar-refractivity contribution in [3.63, 3.8) is 0 Å². The second-order valence-electron chi connectivity index (χ2n) is 4.70. The SMILES string of the molecule is C=CC(=O)Oc1ccc(N=Nc2c(O)n(C)c(=O)n(C)c2=O)cc1. The average molecular weight is 330 g/mol. The highest BCUT2D eigenvalue weighted by atomic mass is 16.5. The Morgan fingerprint density at radius 1 is 1.17 bits per heavy atom. The molecule has 9 heteroatoms. The van der Waals surface area contributed by atoms with E-state index >= 15 is 0 Å². The number of rotatable bonds is 4. The number of aromatic hydroxyl groups is 1. The third-order valence-corrected chi connectivity index (χ3v) is 3.10. The third kappa shape index (κ3) is 3.29. The molecule has 0 bridgehead atoms. The first-order valence-corrected chi connectivity index (χ1v) is 6.70. The van der Waals surface area contributed by atoms with E-state index in [1.807, 2.05) is 0 Å². The van der Waals surface area contributed by atoms with Gasteiger partial charge in [-0.2, -0.15) is 5.11 Å². The largest absolute Gasteiger partial charge is 0.493 e. The predicted octanol–water partition coefficient (Wildman–Crippen LogP) is 1.30. The van der Waals surface area contributed by atoms with Crippen molar-refractivity contribution in [3.05, 3.63) is 57.8 Å². The molecule has 0 saturated carbocycles. The molecule has 0 amide bonds. The molecule has 0 spiro atoms. The average Bonchev–Trinajstić information content (AvgIpc) is 2.59. The summed E-state index contributed by atoms with van der Waals surface area (Å²) in [6, 6.07) is 5.96. The smallest absolute Gasteiger partial charge is 0.335 e. The van der Waals surface area contributed by atoms with Gasteiger partial charge in [0.25, 0.3) is 5.56 Å². The molecule has 24 heavy (non-hydrogen) atoms. The Morgan fingerprint density at radius 2 is 1.79 bits per heavy atom. The molecule has 0 radical (unpaired) electrons. The summed E-state index contributed by atoms with van der Waals surface area (Å²) in [6.45, 7) is 3.29. The summed E-state index contributed by atoms with van der Waals surface area (Å²) in [5.41, 5.74) is -1.45. The van der Waals surface area contributed by atoms with Gasteiger partial charge >= 0.3 is 11.7 Å². The first-order chi connectivity index (χ1) is 11.3. The Hall–Kier alpha value is -3.49. The van der Waals surface area contributed by atoms with Crippen LogP contribution in [0, 0.1) is 0 Å². The summed E-state index contributed by atoms with van der Waals surface area (Å²) in [6.07, 6.45) is 1.03. The summed E-state index contributed by atoms with van der Waals surface area (Å²) >= 11 is 0. The van der Waals surface area contributed by atoms with Crippen LogP contribution in [0.3, 0.4) is 0 Å². The monoisotopic (exact) mass is 330 g/mol. The van der Waals surface area contributed by atoms with Gasteiger partial charge in [-0.3, -0.25) is 13.9 Å². The zero-order valence-electron chi connectivity index (χ0n) is 13.0. The van der Waals surface area contributed by atoms with Gasteiger partial charge in [0.15, 0.2) is 0 Å². The fourth-order valence-corrected chi connectivity index (χ4v) is 1.75. The van der Waals surface area contributed by atoms with E-state index in [0.29, 0.717) is 11.4 Å². The molecule has 1 N–H and O–H groups in total. The second kappa shape index (κ2) is 6.73. The molecular formula is C15H14N4O5. The maximum absolute atomic E-state index is 12.0. The molecule has 2 aromatic rings. The van der Waals surface area contributed by atoms with Crippen molar-refractivity contribution in [2.24, 2.45) is 24.3 Å². The van der Waals surface area contributed by atoms with Crippen LogP contribution in [-0.2, 0) is 18.9 Å². The zero-order chi connectivity index (χ0) is 17.9. The van der Waals surface area contributed by atoms with E-state index in [4.69, 9.17) is 4.74 Å². The summed E-state index contributed by atoms with van der Waals surface area (Å²) in [7, 11) is 2.57. The maximum atomic E-state index is 12.0. The van der Waals surface area contributed by atoms with Crippen LogP contribution >= 0.6 is 0 Å². The molecule has 124 valence electrons. The zero-order valence-corrected chi connectivity index (χ0v) is 13.0. The highest BCUT2D eigenvalue weighted by molar-refractivity contribution is 5.83. The molecule has 0 aliphatic rings. The van der Waals surface area contributed by atoms with E-state index in [0.717, 1.165) is 15.2 Å². The van der Waals surface area contributed by atoms with Crippen molar-refractivity contribution in [2.45, 2.75) is 0 Å². The first-order valence-electron chi connectivity index (χ1n) is 6.70. The van der Waals surface area contributed by atoms with E-state index in [-0.39, 0.29) is 5.69 Å². The van der Waals surface area contributed by atoms with Gasteiger partial charge < -0.3 is 9.84 Å². The molecular weight excluding hydrogens is 316 g/mol. The number of carbonyl (C=O) groups excluding carboxylic acids is 1. The number of hydrogen-bond donors (Lipinski definition) is 1. The summed E-state index contributed by atoms with van der Waals surface area (Å²) < 4.78 is 6.60. The van der Waals surface area contributed by atoms with Crippen LogP contribution in [0.4, 0.5) is 11.4 Å². The van der Waals surface area contributed by atoms with Gasteiger partial charge in [-0.15, -0.1) is 5.11 Å². The van der Waals surface area contributed by atoms with Crippen molar-refractivity contribution < 1.29 is 14.6 Å². The fraction of sp³-hybridized carbons (Fsp3) is 0.133. The third-order valence-electron chi connectivity index (χ3n) is 3.10. The number of carbonyl (C=O) groups is 1. The molecule has 0 unspecified atom stereocenters. The van der Waals surface area contributed by atoms with E-state index in [1.165, 1.54) is 38.4 Å². The van der Waals surface area contributed by atoms with Gasteiger partial charge in [0.2, 0.25) is 11.6 Å². The predicted molar refractivity (Wildman–Crippen MR) is 85.0 cm³/mol. The van der Waals surface area contributed by atoms with E-state index in [1.54, 1.807) is 0 Å². The van der Waals surface area contributed by atoms with Gasteiger partial charge in [-0.25, -0.2) is 9.59 Å². The van der Waals surface area contributed by atoms with Gasteiger partial charge in [0.1, 0.15) is 5.75 Å². The van der Waals surface area contributed by atoms with Crippen LogP contribution < -0.4 is 16.0 Å². The lowest BCUT2D eigenvalue weighted by Gasteiger charge is -2.06. The van der Waals surface area contributed by atoms with Crippen molar-refractivity contribution in [3.8, 4) is 11.6 Å². The Labute approximate surface area is 135 Å². The lowest BCUT2D eigenvalue weighted by molar-refractivity contribution is -0.128. The van der Waals surface area contributed by atoms with Crippen molar-refractivity contribution >= 4 is 17.3 Å². The highest BCUT2D eigenvalue weighted by Crippen LogP contribution is 2.23. The topological polar surface area (TPSA) is 115 Å².